The van der Waals surface area contributed by atoms with Gasteiger partial charge in [0, 0.05) is 13.2 Å². The van der Waals surface area contributed by atoms with Crippen LogP contribution in [0.15, 0.2) is 12.2 Å². The van der Waals surface area contributed by atoms with E-state index in [9.17, 15) is 0 Å². The van der Waals surface area contributed by atoms with Crippen LogP contribution in [0.5, 0.6) is 0 Å². The molecule has 0 amide bonds. The molecule has 3 heteroatoms. The van der Waals surface area contributed by atoms with Crippen molar-refractivity contribution < 1.29 is 9.47 Å². The summed E-state index contributed by atoms with van der Waals surface area (Å²) in [5.41, 5.74) is 1.09. The summed E-state index contributed by atoms with van der Waals surface area (Å²) in [7, 11) is 0. The van der Waals surface area contributed by atoms with E-state index in [0.717, 1.165) is 31.7 Å². The first-order valence-corrected chi connectivity index (χ1v) is 5.34. The van der Waals surface area contributed by atoms with Crippen LogP contribution >= 0.6 is 0 Å². The lowest BCUT2D eigenvalue weighted by atomic mass is 10.3. The van der Waals surface area contributed by atoms with Crippen LogP contribution < -0.4 is 5.32 Å². The van der Waals surface area contributed by atoms with Crippen molar-refractivity contribution in [3.8, 4) is 0 Å². The van der Waals surface area contributed by atoms with E-state index >= 15 is 0 Å². The van der Waals surface area contributed by atoms with Gasteiger partial charge >= 0.3 is 0 Å². The molecule has 0 aromatic heterocycles. The van der Waals surface area contributed by atoms with E-state index in [4.69, 9.17) is 9.47 Å². The highest BCUT2D eigenvalue weighted by molar-refractivity contribution is 4.96. The van der Waals surface area contributed by atoms with Gasteiger partial charge < -0.3 is 14.8 Å². The molecule has 0 aliphatic heterocycles. The number of ether oxygens (including phenoxy) is 2. The van der Waals surface area contributed by atoms with Crippen LogP contribution in [0.1, 0.15) is 20.3 Å². The largest absolute Gasteiger partial charge is 0.379 e. The number of likely N-dealkylation sites (N-methyl/N-ethyl adjacent to an activating group) is 1. The maximum absolute atomic E-state index is 5.37. The van der Waals surface area contributed by atoms with Gasteiger partial charge in [0.25, 0.3) is 0 Å². The summed E-state index contributed by atoms with van der Waals surface area (Å²) < 4.78 is 10.6. The van der Waals surface area contributed by atoms with E-state index < -0.39 is 0 Å². The molecule has 14 heavy (non-hydrogen) atoms. The minimum Gasteiger partial charge on any atom is -0.379 e. The van der Waals surface area contributed by atoms with E-state index in [1.165, 1.54) is 0 Å². The van der Waals surface area contributed by atoms with Gasteiger partial charge in [-0.3, -0.25) is 0 Å². The Kier molecular flexibility index (Phi) is 10.4. The maximum Gasteiger partial charge on any atom is 0.0704 e. The molecular formula is C11H23NO2. The maximum atomic E-state index is 5.37. The monoisotopic (exact) mass is 201 g/mol. The topological polar surface area (TPSA) is 30.5 Å². The molecule has 0 spiro atoms. The molecular weight excluding hydrogens is 178 g/mol. The molecule has 3 nitrogen and oxygen atoms in total. The summed E-state index contributed by atoms with van der Waals surface area (Å²) in [6.07, 6.45) is 1.06. The summed E-state index contributed by atoms with van der Waals surface area (Å²) in [5, 5.41) is 3.20. The third kappa shape index (κ3) is 9.71. The molecule has 0 unspecified atom stereocenters. The number of hydrogen-bond acceptors (Lipinski definition) is 3. The molecule has 0 rings (SSSR count). The van der Waals surface area contributed by atoms with E-state index in [0.29, 0.717) is 19.8 Å². The fraction of sp³-hybridized carbons (Fsp3) is 0.818. The Balaban J connectivity index is 3.07. The van der Waals surface area contributed by atoms with Crippen molar-refractivity contribution in [1.82, 2.24) is 5.32 Å². The highest BCUT2D eigenvalue weighted by Crippen LogP contribution is 1.90. The fourth-order valence-electron chi connectivity index (χ4n) is 0.934. The Hall–Kier alpha value is -0.380. The second-order valence-electron chi connectivity index (χ2n) is 3.20. The lowest BCUT2D eigenvalue weighted by Crippen LogP contribution is -2.18. The van der Waals surface area contributed by atoms with Crippen LogP contribution in [0.3, 0.4) is 0 Å². The predicted molar refractivity (Wildman–Crippen MR) is 59.6 cm³/mol. The molecule has 0 bridgehead atoms. The van der Waals surface area contributed by atoms with Gasteiger partial charge in [0.1, 0.15) is 0 Å². The van der Waals surface area contributed by atoms with Crippen molar-refractivity contribution in [3.05, 3.63) is 12.2 Å². The van der Waals surface area contributed by atoms with Crippen molar-refractivity contribution in [2.24, 2.45) is 0 Å². The third-order valence-electron chi connectivity index (χ3n) is 1.65. The third-order valence-corrected chi connectivity index (χ3v) is 1.65. The van der Waals surface area contributed by atoms with E-state index in [1.807, 2.05) is 0 Å². The van der Waals surface area contributed by atoms with Crippen LogP contribution in [0.25, 0.3) is 0 Å². The Morgan fingerprint density at radius 3 is 2.50 bits per heavy atom. The first kappa shape index (κ1) is 13.6. The fourth-order valence-corrected chi connectivity index (χ4v) is 0.934. The second-order valence-corrected chi connectivity index (χ2v) is 3.20. The van der Waals surface area contributed by atoms with Crippen molar-refractivity contribution >= 4 is 0 Å². The Labute approximate surface area is 87.5 Å². The Morgan fingerprint density at radius 1 is 1.14 bits per heavy atom. The lowest BCUT2D eigenvalue weighted by Gasteiger charge is -2.07. The summed E-state index contributed by atoms with van der Waals surface area (Å²) >= 11 is 0. The molecule has 0 saturated carbocycles. The van der Waals surface area contributed by atoms with E-state index in [1.54, 1.807) is 0 Å². The summed E-state index contributed by atoms with van der Waals surface area (Å²) in [6, 6.07) is 0. The quantitative estimate of drug-likeness (QED) is 0.430. The smallest absolute Gasteiger partial charge is 0.0704 e. The van der Waals surface area contributed by atoms with Gasteiger partial charge in [-0.25, -0.2) is 0 Å². The molecule has 0 saturated heterocycles. The van der Waals surface area contributed by atoms with Crippen molar-refractivity contribution in [3.63, 3.8) is 0 Å². The zero-order chi connectivity index (χ0) is 10.6. The molecule has 0 atom stereocenters. The number of hydrogen-bond donors (Lipinski definition) is 1. The molecule has 0 aromatic carbocycles. The molecule has 0 heterocycles. The van der Waals surface area contributed by atoms with Gasteiger partial charge in [0.15, 0.2) is 0 Å². The van der Waals surface area contributed by atoms with Gasteiger partial charge in [0.2, 0.25) is 0 Å². The highest BCUT2D eigenvalue weighted by Gasteiger charge is 1.93. The minimum atomic E-state index is 0.627. The molecule has 0 aliphatic carbocycles. The molecule has 1 N–H and O–H groups in total. The van der Waals surface area contributed by atoms with Crippen LogP contribution in [0.4, 0.5) is 0 Å². The van der Waals surface area contributed by atoms with Gasteiger partial charge in [-0.1, -0.05) is 20.4 Å². The summed E-state index contributed by atoms with van der Waals surface area (Å²) in [6.45, 7) is 12.7. The van der Waals surface area contributed by atoms with Crippen LogP contribution in [-0.2, 0) is 9.47 Å². The average Bonchev–Trinajstić information content (AvgIpc) is 2.20. The first-order chi connectivity index (χ1) is 6.81. The van der Waals surface area contributed by atoms with Gasteiger partial charge in [0.05, 0.1) is 19.8 Å². The van der Waals surface area contributed by atoms with E-state index in [-0.39, 0.29) is 0 Å². The predicted octanol–water partition coefficient (Wildman–Crippen LogP) is 1.60. The van der Waals surface area contributed by atoms with Crippen molar-refractivity contribution in [1.29, 1.82) is 0 Å². The first-order valence-electron chi connectivity index (χ1n) is 5.34. The van der Waals surface area contributed by atoms with Gasteiger partial charge in [-0.15, -0.1) is 0 Å². The second kappa shape index (κ2) is 10.7. The zero-order valence-corrected chi connectivity index (χ0v) is 9.47. The standard InChI is InChI=1S/C11H23NO2/c1-4-6-13-7-8-14-10-11(3)9-12-5-2/h12H,3-10H2,1-2H3. The lowest BCUT2D eigenvalue weighted by molar-refractivity contribution is 0.0562. The molecule has 0 fully saturated rings. The van der Waals surface area contributed by atoms with Crippen molar-refractivity contribution in [2.45, 2.75) is 20.3 Å². The van der Waals surface area contributed by atoms with Crippen LogP contribution in [0, 0.1) is 0 Å². The Morgan fingerprint density at radius 2 is 1.86 bits per heavy atom. The van der Waals surface area contributed by atoms with Crippen LogP contribution in [-0.4, -0.2) is 39.5 Å². The van der Waals surface area contributed by atoms with Gasteiger partial charge in [-0.05, 0) is 18.5 Å². The molecule has 0 aliphatic rings. The average molecular weight is 201 g/mol. The molecule has 0 radical (unpaired) electrons. The Bertz CT molecular complexity index is 137. The summed E-state index contributed by atoms with van der Waals surface area (Å²) in [4.78, 5) is 0. The summed E-state index contributed by atoms with van der Waals surface area (Å²) in [5.74, 6) is 0. The van der Waals surface area contributed by atoms with Crippen LogP contribution in [0.2, 0.25) is 0 Å². The number of nitrogens with one attached hydrogen (secondary N) is 1. The minimum absolute atomic E-state index is 0.627. The zero-order valence-electron chi connectivity index (χ0n) is 9.47. The van der Waals surface area contributed by atoms with Gasteiger partial charge in [-0.2, -0.15) is 0 Å². The highest BCUT2D eigenvalue weighted by atomic mass is 16.5. The van der Waals surface area contributed by atoms with E-state index in [2.05, 4.69) is 25.7 Å². The SMILES string of the molecule is C=C(CNCC)COCCOCCC. The van der Waals surface area contributed by atoms with Crippen molar-refractivity contribution in [2.75, 3.05) is 39.5 Å². The molecule has 84 valence electrons. The molecule has 0 aromatic rings. The number of rotatable bonds is 10. The normalized spacial score (nSPS) is 10.4.